The molecule has 1 heterocycles. The van der Waals surface area contributed by atoms with Crippen LogP contribution in [-0.2, 0) is 3.17 Å². The average Bonchev–Trinajstić information content (AvgIpc) is 2.25. The number of rotatable bonds is 4. The van der Waals surface area contributed by atoms with E-state index in [0.29, 0.717) is 6.04 Å². The van der Waals surface area contributed by atoms with Gasteiger partial charge in [0.2, 0.25) is 0 Å². The van der Waals surface area contributed by atoms with Gasteiger partial charge in [0.15, 0.2) is 0 Å². The summed E-state index contributed by atoms with van der Waals surface area (Å²) in [7, 11) is 2.40. The molecule has 0 amide bonds. The lowest BCUT2D eigenvalue weighted by Crippen LogP contribution is -2.67. The maximum atomic E-state index is 5.65. The van der Waals surface area contributed by atoms with Crippen LogP contribution in [0.1, 0.15) is 54.4 Å². The molecule has 1 aliphatic heterocycles. The van der Waals surface area contributed by atoms with Crippen LogP contribution in [0.15, 0.2) is 0 Å². The lowest BCUT2D eigenvalue weighted by Gasteiger charge is -2.56. The third-order valence-corrected chi connectivity index (χ3v) is 5.36. The Kier molecular flexibility index (Phi) is 5.13. The highest BCUT2D eigenvalue weighted by molar-refractivity contribution is 14.1. The first kappa shape index (κ1) is 16.7. The molecule has 0 unspecified atom stereocenters. The maximum Gasteiger partial charge on any atom is 0.137 e. The topological polar surface area (TPSA) is 12.5 Å². The van der Waals surface area contributed by atoms with Gasteiger partial charge < -0.3 is 4.48 Å². The molecule has 1 fully saturated rings. The molecule has 0 spiro atoms. The summed E-state index contributed by atoms with van der Waals surface area (Å²) in [6.07, 6.45) is 2.38. The number of hydrogen-bond acceptors (Lipinski definition) is 2. The molecule has 0 aliphatic carbocycles. The van der Waals surface area contributed by atoms with E-state index in [1.54, 1.807) is 0 Å². The van der Waals surface area contributed by atoms with Crippen LogP contribution in [0.25, 0.3) is 0 Å². The number of piperidine rings is 1. The lowest BCUT2D eigenvalue weighted by atomic mass is 9.77. The van der Waals surface area contributed by atoms with Crippen LogP contribution < -0.4 is 0 Å². The van der Waals surface area contributed by atoms with Gasteiger partial charge in [0.05, 0.1) is 26.2 Å². The zero-order valence-corrected chi connectivity index (χ0v) is 15.2. The fraction of sp³-hybridized carbons (Fsp3) is 1.00. The summed E-state index contributed by atoms with van der Waals surface area (Å²) in [6.45, 7) is 16.2. The lowest BCUT2D eigenvalue weighted by molar-refractivity contribution is -0.933. The van der Waals surface area contributed by atoms with Crippen LogP contribution in [0.3, 0.4) is 0 Å². The highest BCUT2D eigenvalue weighted by Crippen LogP contribution is 2.42. The van der Waals surface area contributed by atoms with Gasteiger partial charge in [0.25, 0.3) is 0 Å². The Morgan fingerprint density at radius 3 is 1.78 bits per heavy atom. The molecule has 4 heteroatoms. The number of hydroxylamine groups is 2. The number of nitrogens with zero attached hydrogens (tertiary/aromatic N) is 2. The Morgan fingerprint density at radius 1 is 1.11 bits per heavy atom. The van der Waals surface area contributed by atoms with Crippen molar-refractivity contribution in [3.05, 3.63) is 0 Å². The summed E-state index contributed by atoms with van der Waals surface area (Å²) in [5.74, 6) is 0. The second-order valence-corrected chi connectivity index (χ2v) is 7.56. The summed E-state index contributed by atoms with van der Waals surface area (Å²) < 4.78 is 6.81. The monoisotopic (exact) mass is 369 g/mol. The minimum atomic E-state index is 0.0947. The van der Waals surface area contributed by atoms with E-state index in [4.69, 9.17) is 3.17 Å². The molecule has 0 saturated carbocycles. The van der Waals surface area contributed by atoms with Gasteiger partial charge in [-0.2, -0.15) is 5.06 Å². The molecule has 3 nitrogen and oxygen atoms in total. The highest BCUT2D eigenvalue weighted by Gasteiger charge is 2.51. The van der Waals surface area contributed by atoms with Crippen molar-refractivity contribution in [2.24, 2.45) is 0 Å². The van der Waals surface area contributed by atoms with Gasteiger partial charge in [0.1, 0.15) is 23.0 Å². The van der Waals surface area contributed by atoms with E-state index in [9.17, 15) is 0 Å². The van der Waals surface area contributed by atoms with Crippen molar-refractivity contribution in [2.75, 3.05) is 20.1 Å². The Hall–Kier alpha value is 0.610. The summed E-state index contributed by atoms with van der Waals surface area (Å²) >= 11 is 2.02. The molecule has 1 saturated heterocycles. The van der Waals surface area contributed by atoms with E-state index in [2.05, 4.69) is 53.7 Å². The largest absolute Gasteiger partial charge is 0.324 e. The van der Waals surface area contributed by atoms with Crippen molar-refractivity contribution in [3.63, 3.8) is 0 Å². The van der Waals surface area contributed by atoms with Crippen LogP contribution >= 0.6 is 23.0 Å². The minimum Gasteiger partial charge on any atom is -0.324 e. The molecular formula is C14H30IN2O+. The zero-order chi connectivity index (χ0) is 14.2. The van der Waals surface area contributed by atoms with Gasteiger partial charge in [-0.1, -0.05) is 0 Å². The van der Waals surface area contributed by atoms with E-state index in [0.717, 1.165) is 0 Å². The molecule has 0 aromatic rings. The van der Waals surface area contributed by atoms with Crippen LogP contribution in [-0.4, -0.2) is 46.8 Å². The number of hydrogen-bond donors (Lipinski definition) is 0. The summed E-state index contributed by atoms with van der Waals surface area (Å²) in [4.78, 5) is 0. The van der Waals surface area contributed by atoms with Crippen molar-refractivity contribution in [2.45, 2.75) is 71.5 Å². The molecule has 0 atom stereocenters. The molecule has 0 aromatic carbocycles. The smallest absolute Gasteiger partial charge is 0.137 e. The van der Waals surface area contributed by atoms with Gasteiger partial charge >= 0.3 is 0 Å². The Balaban J connectivity index is 3.03. The molecular weight excluding hydrogens is 339 g/mol. The van der Waals surface area contributed by atoms with E-state index in [1.807, 2.05) is 23.0 Å². The first-order valence-corrected chi connectivity index (χ1v) is 7.94. The summed E-state index contributed by atoms with van der Waals surface area (Å²) in [5.41, 5.74) is 0.189. The quantitative estimate of drug-likeness (QED) is 0.553. The summed E-state index contributed by atoms with van der Waals surface area (Å²) in [5, 5.41) is 2.19. The predicted octanol–water partition coefficient (Wildman–Crippen LogP) is 3.78. The van der Waals surface area contributed by atoms with Crippen LogP contribution in [0.2, 0.25) is 0 Å². The molecule has 1 aliphatic rings. The van der Waals surface area contributed by atoms with Gasteiger partial charge in [-0.15, -0.1) is 0 Å². The second kappa shape index (κ2) is 5.54. The van der Waals surface area contributed by atoms with E-state index >= 15 is 0 Å². The normalized spacial score (nSPS) is 25.3. The first-order valence-electron chi connectivity index (χ1n) is 7.06. The SMILES string of the molecule is CC[N+](C)(CC)C1CC(C)(C)N(OI)C(C)(C)C1. The Morgan fingerprint density at radius 2 is 1.50 bits per heavy atom. The highest BCUT2D eigenvalue weighted by atomic mass is 127. The standard InChI is InChI=1S/C14H30IN2O/c1-8-17(7,9-2)12-10-13(3,4)16(18-15)14(5,6)11-12/h12H,8-11H2,1-7H3/q+1. The first-order chi connectivity index (χ1) is 8.13. The molecule has 108 valence electrons. The summed E-state index contributed by atoms with van der Waals surface area (Å²) in [6, 6.07) is 0.716. The molecule has 0 N–H and O–H groups in total. The number of halogens is 1. The average molecular weight is 369 g/mol. The van der Waals surface area contributed by atoms with E-state index in [-0.39, 0.29) is 11.1 Å². The molecule has 1 rings (SSSR count). The molecule has 0 bridgehead atoms. The van der Waals surface area contributed by atoms with Crippen LogP contribution in [0.5, 0.6) is 0 Å². The Labute approximate surface area is 127 Å². The molecule has 0 radical (unpaired) electrons. The second-order valence-electron chi connectivity index (χ2n) is 7.16. The van der Waals surface area contributed by atoms with Crippen LogP contribution in [0, 0.1) is 0 Å². The van der Waals surface area contributed by atoms with E-state index in [1.165, 1.54) is 30.4 Å². The molecule has 0 aromatic heterocycles. The maximum absolute atomic E-state index is 5.65. The zero-order valence-electron chi connectivity index (χ0n) is 13.1. The van der Waals surface area contributed by atoms with Crippen molar-refractivity contribution >= 4 is 23.0 Å². The predicted molar refractivity (Wildman–Crippen MR) is 85.4 cm³/mol. The third-order valence-electron chi connectivity index (χ3n) is 4.97. The van der Waals surface area contributed by atoms with Crippen molar-refractivity contribution in [1.29, 1.82) is 0 Å². The Bertz CT molecular complexity index is 270. The van der Waals surface area contributed by atoms with Gasteiger partial charge in [-0.05, 0) is 41.5 Å². The fourth-order valence-corrected chi connectivity index (χ4v) is 4.64. The van der Waals surface area contributed by atoms with Crippen molar-refractivity contribution in [3.8, 4) is 0 Å². The van der Waals surface area contributed by atoms with Crippen LogP contribution in [0.4, 0.5) is 0 Å². The minimum absolute atomic E-state index is 0.0947. The number of quaternary nitrogens is 1. The third kappa shape index (κ3) is 3.02. The van der Waals surface area contributed by atoms with E-state index < -0.39 is 0 Å². The molecule has 18 heavy (non-hydrogen) atoms. The van der Waals surface area contributed by atoms with Gasteiger partial charge in [-0.25, -0.2) is 3.17 Å². The van der Waals surface area contributed by atoms with Crippen molar-refractivity contribution < 1.29 is 7.65 Å². The van der Waals surface area contributed by atoms with Crippen molar-refractivity contribution in [1.82, 2.24) is 5.06 Å². The fourth-order valence-electron chi connectivity index (χ4n) is 3.58. The van der Waals surface area contributed by atoms with Gasteiger partial charge in [0, 0.05) is 23.9 Å². The van der Waals surface area contributed by atoms with Gasteiger partial charge in [-0.3, -0.25) is 0 Å².